The second-order valence-electron chi connectivity index (χ2n) is 7.55. The average molecular weight is 381 g/mol. The number of likely N-dealkylation sites (tertiary alicyclic amines) is 1. The van der Waals surface area contributed by atoms with Crippen molar-refractivity contribution in [1.82, 2.24) is 14.7 Å². The minimum atomic E-state index is -0.253. The molecule has 0 bridgehead atoms. The molecular formula is C22H27N3O3. The van der Waals surface area contributed by atoms with Crippen LogP contribution in [0.15, 0.2) is 48.7 Å². The number of benzene rings is 1. The van der Waals surface area contributed by atoms with E-state index in [-0.39, 0.29) is 17.6 Å². The number of piperidine rings is 1. The van der Waals surface area contributed by atoms with Crippen molar-refractivity contribution in [1.29, 1.82) is 0 Å². The molecule has 1 amide bonds. The summed E-state index contributed by atoms with van der Waals surface area (Å²) in [5.41, 5.74) is 1.78. The Morgan fingerprint density at radius 3 is 2.89 bits per heavy atom. The van der Waals surface area contributed by atoms with E-state index in [4.69, 9.17) is 9.47 Å². The highest BCUT2D eigenvalue weighted by Gasteiger charge is 2.47. The highest BCUT2D eigenvalue weighted by molar-refractivity contribution is 5.91. The Morgan fingerprint density at radius 2 is 2.18 bits per heavy atom. The molecule has 3 heterocycles. The number of aromatic nitrogens is 2. The summed E-state index contributed by atoms with van der Waals surface area (Å²) < 4.78 is 14.2. The smallest absolute Gasteiger partial charge is 0.246 e. The van der Waals surface area contributed by atoms with Crippen LogP contribution < -0.4 is 0 Å². The molecule has 2 atom stereocenters. The summed E-state index contributed by atoms with van der Waals surface area (Å²) in [5, 5.41) is 4.12. The third kappa shape index (κ3) is 4.03. The van der Waals surface area contributed by atoms with Crippen LogP contribution in [0.1, 0.15) is 30.5 Å². The fraction of sp³-hybridized carbons (Fsp3) is 0.455. The lowest BCUT2D eigenvalue weighted by molar-refractivity contribution is -0.165. The van der Waals surface area contributed by atoms with E-state index in [1.807, 2.05) is 42.3 Å². The normalized spacial score (nSPS) is 25.0. The Bertz CT molecular complexity index is 825. The summed E-state index contributed by atoms with van der Waals surface area (Å²) in [6.45, 7) is 2.56. The van der Waals surface area contributed by atoms with E-state index in [1.54, 1.807) is 17.0 Å². The van der Waals surface area contributed by atoms with Gasteiger partial charge in [-0.25, -0.2) is 0 Å². The van der Waals surface area contributed by atoms with Crippen LogP contribution in [0.5, 0.6) is 0 Å². The van der Waals surface area contributed by atoms with Crippen molar-refractivity contribution in [2.75, 3.05) is 19.7 Å². The number of carbonyl (C=O) groups is 1. The number of hydrogen-bond acceptors (Lipinski definition) is 4. The standard InChI is InChI=1S/C22H27N3O3/c1-24-19(10-13-23-24)8-9-21(26)25-14-12-22(11-5-15-28-22)20(16-25)27-17-18-6-3-2-4-7-18/h2-4,6-10,13,20H,5,11-12,14-17H2,1H3/b9-8+/t20-,22+/m1/s1. The molecule has 0 unspecified atom stereocenters. The van der Waals surface area contributed by atoms with E-state index in [1.165, 1.54) is 0 Å². The maximum Gasteiger partial charge on any atom is 0.246 e. The first-order valence-corrected chi connectivity index (χ1v) is 9.91. The van der Waals surface area contributed by atoms with E-state index in [2.05, 4.69) is 17.2 Å². The maximum atomic E-state index is 12.7. The molecule has 6 nitrogen and oxygen atoms in total. The van der Waals surface area contributed by atoms with E-state index >= 15 is 0 Å². The van der Waals surface area contributed by atoms with E-state index < -0.39 is 0 Å². The van der Waals surface area contributed by atoms with E-state index in [0.29, 0.717) is 19.7 Å². The third-order valence-electron chi connectivity index (χ3n) is 5.77. The average Bonchev–Trinajstić information content (AvgIpc) is 3.36. The monoisotopic (exact) mass is 381 g/mol. The number of ether oxygens (including phenoxy) is 2. The van der Waals surface area contributed by atoms with Gasteiger partial charge in [-0.05, 0) is 37.0 Å². The second-order valence-corrected chi connectivity index (χ2v) is 7.55. The summed E-state index contributed by atoms with van der Waals surface area (Å²) >= 11 is 0. The van der Waals surface area contributed by atoms with Crippen LogP contribution in [0.25, 0.3) is 6.08 Å². The zero-order chi connectivity index (χ0) is 19.4. The fourth-order valence-electron chi connectivity index (χ4n) is 4.10. The van der Waals surface area contributed by atoms with Crippen LogP contribution in [0.2, 0.25) is 0 Å². The highest BCUT2D eigenvalue weighted by Crippen LogP contribution is 2.38. The largest absolute Gasteiger partial charge is 0.372 e. The minimum absolute atomic E-state index is 0.00218. The second kappa shape index (κ2) is 8.29. The van der Waals surface area contributed by atoms with Crippen molar-refractivity contribution in [3.8, 4) is 0 Å². The Kier molecular flexibility index (Phi) is 5.59. The Hall–Kier alpha value is -2.44. The van der Waals surface area contributed by atoms with Gasteiger partial charge in [0, 0.05) is 39.0 Å². The Balaban J connectivity index is 1.43. The lowest BCUT2D eigenvalue weighted by Crippen LogP contribution is -2.57. The molecule has 148 valence electrons. The summed E-state index contributed by atoms with van der Waals surface area (Å²) in [7, 11) is 1.86. The number of rotatable bonds is 5. The van der Waals surface area contributed by atoms with Gasteiger partial charge in [0.1, 0.15) is 6.10 Å². The van der Waals surface area contributed by atoms with Gasteiger partial charge in [0.2, 0.25) is 5.91 Å². The van der Waals surface area contributed by atoms with Crippen molar-refractivity contribution in [3.05, 3.63) is 59.9 Å². The molecule has 2 aliphatic heterocycles. The van der Waals surface area contributed by atoms with Crippen LogP contribution in [0.3, 0.4) is 0 Å². The van der Waals surface area contributed by atoms with Crippen LogP contribution >= 0.6 is 0 Å². The maximum absolute atomic E-state index is 12.7. The molecule has 0 saturated carbocycles. The molecule has 28 heavy (non-hydrogen) atoms. The van der Waals surface area contributed by atoms with Crippen molar-refractivity contribution in [3.63, 3.8) is 0 Å². The van der Waals surface area contributed by atoms with Crippen LogP contribution in [-0.4, -0.2) is 52.0 Å². The summed E-state index contributed by atoms with van der Waals surface area (Å²) in [6.07, 6.45) is 7.92. The van der Waals surface area contributed by atoms with Crippen molar-refractivity contribution < 1.29 is 14.3 Å². The molecule has 0 N–H and O–H groups in total. The lowest BCUT2D eigenvalue weighted by Gasteiger charge is -2.44. The molecule has 1 aromatic carbocycles. The van der Waals surface area contributed by atoms with Crippen molar-refractivity contribution >= 4 is 12.0 Å². The lowest BCUT2D eigenvalue weighted by atomic mass is 9.85. The molecule has 6 heteroatoms. The van der Waals surface area contributed by atoms with Crippen molar-refractivity contribution in [2.45, 2.75) is 37.6 Å². The summed E-state index contributed by atoms with van der Waals surface area (Å²) in [4.78, 5) is 14.6. The number of amides is 1. The zero-order valence-corrected chi connectivity index (χ0v) is 16.3. The third-order valence-corrected chi connectivity index (χ3v) is 5.77. The molecule has 1 aromatic heterocycles. The number of aryl methyl sites for hydroxylation is 1. The van der Waals surface area contributed by atoms with Crippen LogP contribution in [-0.2, 0) is 27.9 Å². The van der Waals surface area contributed by atoms with Gasteiger partial charge < -0.3 is 14.4 Å². The zero-order valence-electron chi connectivity index (χ0n) is 16.3. The van der Waals surface area contributed by atoms with Gasteiger partial charge in [-0.15, -0.1) is 0 Å². The van der Waals surface area contributed by atoms with Gasteiger partial charge in [-0.1, -0.05) is 30.3 Å². The summed E-state index contributed by atoms with van der Waals surface area (Å²) in [5.74, 6) is 0.00218. The van der Waals surface area contributed by atoms with Gasteiger partial charge in [0.15, 0.2) is 0 Å². The van der Waals surface area contributed by atoms with Gasteiger partial charge in [-0.2, -0.15) is 5.10 Å². The number of carbonyl (C=O) groups excluding carboxylic acids is 1. The SMILES string of the molecule is Cn1nccc1/C=C/C(=O)N1CC[C@@]2(CCCO2)[C@H](OCc2ccccc2)C1. The van der Waals surface area contributed by atoms with Gasteiger partial charge >= 0.3 is 0 Å². The fourth-order valence-corrected chi connectivity index (χ4v) is 4.10. The predicted molar refractivity (Wildman–Crippen MR) is 106 cm³/mol. The molecular weight excluding hydrogens is 354 g/mol. The molecule has 0 aliphatic carbocycles. The topological polar surface area (TPSA) is 56.6 Å². The van der Waals surface area contributed by atoms with Gasteiger partial charge in [0.25, 0.3) is 0 Å². The van der Waals surface area contributed by atoms with E-state index in [0.717, 1.165) is 37.1 Å². The van der Waals surface area contributed by atoms with Crippen LogP contribution in [0.4, 0.5) is 0 Å². The summed E-state index contributed by atoms with van der Waals surface area (Å²) in [6, 6.07) is 12.0. The molecule has 2 saturated heterocycles. The Morgan fingerprint density at radius 1 is 1.32 bits per heavy atom. The van der Waals surface area contributed by atoms with E-state index in [9.17, 15) is 4.79 Å². The first-order valence-electron chi connectivity index (χ1n) is 9.91. The molecule has 1 spiro atoms. The first-order chi connectivity index (χ1) is 13.7. The Labute approximate surface area is 165 Å². The molecule has 2 fully saturated rings. The van der Waals surface area contributed by atoms with Gasteiger partial charge in [-0.3, -0.25) is 9.48 Å². The van der Waals surface area contributed by atoms with Crippen LogP contribution in [0, 0.1) is 0 Å². The first kappa shape index (κ1) is 18.9. The predicted octanol–water partition coefficient (Wildman–Crippen LogP) is 2.80. The quantitative estimate of drug-likeness (QED) is 0.748. The molecule has 2 aliphatic rings. The number of hydrogen-bond donors (Lipinski definition) is 0. The molecule has 4 rings (SSSR count). The molecule has 0 radical (unpaired) electrons. The highest BCUT2D eigenvalue weighted by atomic mass is 16.6. The van der Waals surface area contributed by atoms with Crippen molar-refractivity contribution in [2.24, 2.45) is 7.05 Å². The van der Waals surface area contributed by atoms with Gasteiger partial charge in [0.05, 0.1) is 17.9 Å². The number of nitrogens with zero attached hydrogens (tertiary/aromatic N) is 3. The molecule has 2 aromatic rings. The minimum Gasteiger partial charge on any atom is -0.372 e.